The van der Waals surface area contributed by atoms with Crippen molar-refractivity contribution >= 4 is 6.08 Å². The van der Waals surface area contributed by atoms with Gasteiger partial charge in [-0.25, -0.2) is 0 Å². The Morgan fingerprint density at radius 2 is 1.57 bits per heavy atom. The van der Waals surface area contributed by atoms with E-state index < -0.39 is 0 Å². The van der Waals surface area contributed by atoms with Crippen LogP contribution in [0.25, 0.3) is 6.08 Å². The van der Waals surface area contributed by atoms with Crippen LogP contribution in [0, 0.1) is 11.8 Å². The van der Waals surface area contributed by atoms with E-state index in [1.165, 1.54) is 5.56 Å². The molecule has 0 amide bonds. The first-order valence-corrected chi connectivity index (χ1v) is 8.03. The third-order valence-corrected chi connectivity index (χ3v) is 3.85. The van der Waals surface area contributed by atoms with Crippen molar-refractivity contribution in [3.8, 4) is 11.8 Å². The largest absolute Gasteiger partial charge is 0.379 e. The van der Waals surface area contributed by atoms with Gasteiger partial charge in [0.25, 0.3) is 0 Å². The maximum absolute atomic E-state index is 5.46. The summed E-state index contributed by atoms with van der Waals surface area (Å²) in [6.45, 7) is 3.41. The van der Waals surface area contributed by atoms with Crippen LogP contribution in [-0.4, -0.2) is 37.2 Å². The second-order valence-electron chi connectivity index (χ2n) is 5.50. The zero-order valence-corrected chi connectivity index (χ0v) is 13.2. The molecule has 0 N–H and O–H groups in total. The highest BCUT2D eigenvalue weighted by Gasteiger charge is 2.16. The van der Waals surface area contributed by atoms with E-state index in [0.717, 1.165) is 31.9 Å². The Morgan fingerprint density at radius 1 is 0.913 bits per heavy atom. The SMILES string of the molecule is C(#CC(C=Cc1ccccc1)N1CCOCC1)c1ccccc1. The molecule has 0 bridgehead atoms. The normalized spacial score (nSPS) is 16.7. The molecule has 0 spiro atoms. The van der Waals surface area contributed by atoms with Crippen LogP contribution in [0.2, 0.25) is 0 Å². The van der Waals surface area contributed by atoms with Gasteiger partial charge in [-0.05, 0) is 17.7 Å². The molecule has 3 rings (SSSR count). The molecule has 2 aromatic carbocycles. The highest BCUT2D eigenvalue weighted by molar-refractivity contribution is 5.51. The van der Waals surface area contributed by atoms with Gasteiger partial charge in [0.05, 0.1) is 19.3 Å². The molecule has 0 radical (unpaired) electrons. The van der Waals surface area contributed by atoms with Gasteiger partial charge in [-0.1, -0.05) is 72.5 Å². The zero-order chi connectivity index (χ0) is 15.7. The summed E-state index contributed by atoms with van der Waals surface area (Å²) < 4.78 is 5.46. The minimum atomic E-state index is 0.110. The lowest BCUT2D eigenvalue weighted by Crippen LogP contribution is -2.42. The fourth-order valence-electron chi connectivity index (χ4n) is 2.56. The zero-order valence-electron chi connectivity index (χ0n) is 13.2. The van der Waals surface area contributed by atoms with Gasteiger partial charge in [-0.2, -0.15) is 0 Å². The molecule has 2 aromatic rings. The molecule has 1 heterocycles. The van der Waals surface area contributed by atoms with Gasteiger partial charge < -0.3 is 4.74 Å². The molecule has 0 aliphatic carbocycles. The van der Waals surface area contributed by atoms with Crippen molar-refractivity contribution in [3.63, 3.8) is 0 Å². The van der Waals surface area contributed by atoms with Crippen molar-refractivity contribution in [2.24, 2.45) is 0 Å². The first-order valence-electron chi connectivity index (χ1n) is 8.03. The quantitative estimate of drug-likeness (QED) is 0.805. The monoisotopic (exact) mass is 303 g/mol. The van der Waals surface area contributed by atoms with Gasteiger partial charge in [-0.15, -0.1) is 0 Å². The molecule has 116 valence electrons. The second kappa shape index (κ2) is 8.33. The number of benzene rings is 2. The minimum Gasteiger partial charge on any atom is -0.379 e. The van der Waals surface area contributed by atoms with Gasteiger partial charge in [0.15, 0.2) is 0 Å². The molecule has 1 saturated heterocycles. The van der Waals surface area contributed by atoms with Gasteiger partial charge in [0, 0.05) is 18.7 Å². The Balaban J connectivity index is 1.79. The summed E-state index contributed by atoms with van der Waals surface area (Å²) in [6, 6.07) is 20.6. The van der Waals surface area contributed by atoms with E-state index in [-0.39, 0.29) is 6.04 Å². The molecule has 1 aliphatic heterocycles. The number of ether oxygens (including phenoxy) is 1. The fourth-order valence-corrected chi connectivity index (χ4v) is 2.56. The smallest absolute Gasteiger partial charge is 0.0909 e. The molecule has 1 fully saturated rings. The highest BCUT2D eigenvalue weighted by Crippen LogP contribution is 2.09. The Kier molecular flexibility index (Phi) is 5.64. The Morgan fingerprint density at radius 3 is 2.26 bits per heavy atom. The summed E-state index contributed by atoms with van der Waals surface area (Å²) in [7, 11) is 0. The topological polar surface area (TPSA) is 12.5 Å². The lowest BCUT2D eigenvalue weighted by molar-refractivity contribution is 0.0344. The van der Waals surface area contributed by atoms with Gasteiger partial charge >= 0.3 is 0 Å². The molecule has 2 nitrogen and oxygen atoms in total. The van der Waals surface area contributed by atoms with E-state index in [9.17, 15) is 0 Å². The molecule has 0 saturated carbocycles. The van der Waals surface area contributed by atoms with Crippen molar-refractivity contribution in [3.05, 3.63) is 77.9 Å². The van der Waals surface area contributed by atoms with Gasteiger partial charge in [-0.3, -0.25) is 4.90 Å². The first kappa shape index (κ1) is 15.6. The fraction of sp³-hybridized carbons (Fsp3) is 0.238. The van der Waals surface area contributed by atoms with Crippen LogP contribution in [0.1, 0.15) is 11.1 Å². The van der Waals surface area contributed by atoms with Crippen LogP contribution in [0.15, 0.2) is 66.7 Å². The lowest BCUT2D eigenvalue weighted by Gasteiger charge is -2.29. The molecule has 23 heavy (non-hydrogen) atoms. The predicted molar refractivity (Wildman–Crippen MR) is 95.0 cm³/mol. The summed E-state index contributed by atoms with van der Waals surface area (Å²) in [5.74, 6) is 6.70. The van der Waals surface area contributed by atoms with Crippen molar-refractivity contribution < 1.29 is 4.74 Å². The van der Waals surface area contributed by atoms with Gasteiger partial charge in [0.1, 0.15) is 0 Å². The predicted octanol–water partition coefficient (Wildman–Crippen LogP) is 3.45. The lowest BCUT2D eigenvalue weighted by atomic mass is 10.1. The van der Waals surface area contributed by atoms with E-state index in [2.05, 4.69) is 53.2 Å². The van der Waals surface area contributed by atoms with E-state index in [1.807, 2.05) is 36.4 Å². The average molecular weight is 303 g/mol. The molecule has 0 aromatic heterocycles. The Labute approximate surface area is 138 Å². The summed E-state index contributed by atoms with van der Waals surface area (Å²) in [5.41, 5.74) is 2.26. The van der Waals surface area contributed by atoms with Crippen molar-refractivity contribution in [2.45, 2.75) is 6.04 Å². The third-order valence-electron chi connectivity index (χ3n) is 3.85. The summed E-state index contributed by atoms with van der Waals surface area (Å²) in [6.07, 6.45) is 4.34. The minimum absolute atomic E-state index is 0.110. The molecule has 1 aliphatic rings. The average Bonchev–Trinajstić information content (AvgIpc) is 2.64. The van der Waals surface area contributed by atoms with Crippen LogP contribution in [0.5, 0.6) is 0 Å². The maximum Gasteiger partial charge on any atom is 0.0909 e. The standard InChI is InChI=1S/C21H21NO/c1-3-7-19(8-4-1)11-13-21(22-15-17-23-18-16-22)14-12-20-9-5-2-6-10-20/h1-11,13,21H,15-18H2. The molecule has 2 heteroatoms. The van der Waals surface area contributed by atoms with Crippen LogP contribution >= 0.6 is 0 Å². The number of hydrogen-bond donors (Lipinski definition) is 0. The van der Waals surface area contributed by atoms with Crippen LogP contribution in [0.3, 0.4) is 0 Å². The second-order valence-corrected chi connectivity index (χ2v) is 5.50. The molecular weight excluding hydrogens is 282 g/mol. The molecule has 1 atom stereocenters. The Bertz CT molecular complexity index is 676. The van der Waals surface area contributed by atoms with E-state index in [0.29, 0.717) is 0 Å². The van der Waals surface area contributed by atoms with Crippen molar-refractivity contribution in [1.82, 2.24) is 4.90 Å². The maximum atomic E-state index is 5.46. The molecule has 1 unspecified atom stereocenters. The first-order chi connectivity index (χ1) is 11.4. The van der Waals surface area contributed by atoms with Gasteiger partial charge in [0.2, 0.25) is 0 Å². The number of rotatable bonds is 3. The highest BCUT2D eigenvalue weighted by atomic mass is 16.5. The summed E-state index contributed by atoms with van der Waals surface area (Å²) >= 11 is 0. The summed E-state index contributed by atoms with van der Waals surface area (Å²) in [4.78, 5) is 2.37. The molecular formula is C21H21NO. The van der Waals surface area contributed by atoms with Crippen LogP contribution in [-0.2, 0) is 4.74 Å². The summed E-state index contributed by atoms with van der Waals surface area (Å²) in [5, 5.41) is 0. The van der Waals surface area contributed by atoms with E-state index >= 15 is 0 Å². The van der Waals surface area contributed by atoms with Crippen LogP contribution in [0.4, 0.5) is 0 Å². The van der Waals surface area contributed by atoms with Crippen LogP contribution < -0.4 is 0 Å². The van der Waals surface area contributed by atoms with E-state index in [4.69, 9.17) is 4.74 Å². The number of nitrogens with zero attached hydrogens (tertiary/aromatic N) is 1. The van der Waals surface area contributed by atoms with Crippen molar-refractivity contribution in [1.29, 1.82) is 0 Å². The van der Waals surface area contributed by atoms with Crippen molar-refractivity contribution in [2.75, 3.05) is 26.3 Å². The Hall–Kier alpha value is -2.34. The number of hydrogen-bond acceptors (Lipinski definition) is 2. The third kappa shape index (κ3) is 4.82. The number of morpholine rings is 1. The van der Waals surface area contributed by atoms with E-state index in [1.54, 1.807) is 0 Å².